The van der Waals surface area contributed by atoms with Gasteiger partial charge in [-0.2, -0.15) is 0 Å². The van der Waals surface area contributed by atoms with Crippen molar-refractivity contribution in [2.45, 2.75) is 185 Å². The van der Waals surface area contributed by atoms with Crippen molar-refractivity contribution in [3.63, 3.8) is 0 Å². The second kappa shape index (κ2) is 26.7. The Balaban J connectivity index is 1.45. The molecule has 3 N–H and O–H groups in total. The van der Waals surface area contributed by atoms with Crippen LogP contribution in [0.3, 0.4) is 0 Å². The van der Waals surface area contributed by atoms with E-state index in [0.717, 1.165) is 22.6 Å². The number of aliphatic hydroxyl groups excluding tert-OH is 2. The minimum Gasteiger partial charge on any atom is -0.462 e. The van der Waals surface area contributed by atoms with E-state index in [1.165, 1.54) is 7.11 Å². The molecule has 5 rings (SSSR count). The largest absolute Gasteiger partial charge is 0.462 e. The van der Waals surface area contributed by atoms with Gasteiger partial charge in [0.2, 0.25) is 0 Å². The number of cyclic esters (lactones) is 1. The minimum absolute atomic E-state index is 0.0130. The van der Waals surface area contributed by atoms with Gasteiger partial charge in [-0.1, -0.05) is 75.4 Å². The molecule has 5 unspecified atom stereocenters. The molecule has 3 aliphatic heterocycles. The van der Waals surface area contributed by atoms with E-state index in [1.807, 2.05) is 55.3 Å². The van der Waals surface area contributed by atoms with Crippen LogP contribution in [0, 0.1) is 11.8 Å². The molecule has 3 aliphatic rings. The number of ether oxygens (including phenoxy) is 8. The number of fused-ring (bicyclic) bond motifs is 1. The molecule has 0 radical (unpaired) electrons. The first-order valence-electron chi connectivity index (χ1n) is 25.0. The molecule has 0 spiro atoms. The highest BCUT2D eigenvalue weighted by Crippen LogP contribution is 2.38. The summed E-state index contributed by atoms with van der Waals surface area (Å²) >= 11 is 0. The molecule has 17 nitrogen and oxygen atoms in total. The molecule has 392 valence electrons. The van der Waals surface area contributed by atoms with Gasteiger partial charge in [0.15, 0.2) is 18.7 Å². The van der Waals surface area contributed by atoms with Crippen LogP contribution in [-0.2, 0) is 57.1 Å². The monoisotopic (exact) mass is 985 g/mol. The summed E-state index contributed by atoms with van der Waals surface area (Å²) in [7, 11) is 6.84. The van der Waals surface area contributed by atoms with Gasteiger partial charge in [-0.15, -0.1) is 0 Å². The summed E-state index contributed by atoms with van der Waals surface area (Å²) in [5, 5.41) is 37.6. The Bertz CT molecular complexity index is 2010. The van der Waals surface area contributed by atoms with Gasteiger partial charge in [-0.05, 0) is 95.9 Å². The molecular weight excluding hydrogens is 905 g/mol. The van der Waals surface area contributed by atoms with Gasteiger partial charge < -0.3 is 67.8 Å². The van der Waals surface area contributed by atoms with E-state index >= 15 is 0 Å². The molecule has 16 atom stereocenters. The van der Waals surface area contributed by atoms with Gasteiger partial charge in [0, 0.05) is 45.8 Å². The standard InChI is InChI=1S/C53H80N2O15/c1-11-42(58)67-41-29-44(60)66-38(22-16-21-36-20-15-19-35-18-13-14-24-39(35)36)23-17-26-55(9)31-40(57)32(3)28-37(25-27-56)49(50(41)63-10)70-52-47(61)46(54(7)8)48(33(4)65-52)69-45-30-53(6,62)51(34(5)64-45)68-43(59)12-2/h13-16,18-21,24,27,32-34,37-38,40-41,45-52,57,61-62H,11-12,17,22-23,25-26,28-31H2,1-10H3/b21-16+/t32-,33?,34?,37+,38+,40+,41-,45+,46?,47?,48+,49+,50+,51+,52+,53?/m1/s1. The highest BCUT2D eigenvalue weighted by atomic mass is 16.7. The Hall–Kier alpha value is -3.88. The molecule has 3 heterocycles. The van der Waals surface area contributed by atoms with E-state index in [-0.39, 0.29) is 38.0 Å². The first-order chi connectivity index (χ1) is 33.3. The van der Waals surface area contributed by atoms with E-state index < -0.39 is 116 Å². The zero-order valence-electron chi connectivity index (χ0n) is 42.8. The topological polar surface area (TPSA) is 209 Å². The molecule has 0 aromatic heterocycles. The minimum atomic E-state index is -1.50. The molecule has 70 heavy (non-hydrogen) atoms. The first-order valence-corrected chi connectivity index (χ1v) is 25.0. The van der Waals surface area contributed by atoms with Crippen LogP contribution in [-0.4, -0.2) is 176 Å². The van der Waals surface area contributed by atoms with Crippen molar-refractivity contribution in [2.24, 2.45) is 11.8 Å². The van der Waals surface area contributed by atoms with Gasteiger partial charge >= 0.3 is 17.9 Å². The molecule has 17 heteroatoms. The molecule has 3 fully saturated rings. The van der Waals surface area contributed by atoms with E-state index in [1.54, 1.807) is 53.6 Å². The molecule has 0 amide bonds. The van der Waals surface area contributed by atoms with Crippen LogP contribution in [0.5, 0.6) is 0 Å². The van der Waals surface area contributed by atoms with Crippen molar-refractivity contribution in [3.8, 4) is 0 Å². The van der Waals surface area contributed by atoms with Crippen molar-refractivity contribution in [1.29, 1.82) is 0 Å². The van der Waals surface area contributed by atoms with Gasteiger partial charge in [0.25, 0.3) is 0 Å². The quantitative estimate of drug-likeness (QED) is 0.119. The molecule has 2 aromatic carbocycles. The average Bonchev–Trinajstić information content (AvgIpc) is 3.30. The van der Waals surface area contributed by atoms with E-state index in [4.69, 9.17) is 37.9 Å². The first kappa shape index (κ1) is 57.0. The summed E-state index contributed by atoms with van der Waals surface area (Å²) < 4.78 is 49.9. The summed E-state index contributed by atoms with van der Waals surface area (Å²) in [4.78, 5) is 56.0. The molecular formula is C53H80N2O15. The summed E-state index contributed by atoms with van der Waals surface area (Å²) in [6, 6.07) is 13.4. The lowest BCUT2D eigenvalue weighted by molar-refractivity contribution is -0.344. The highest BCUT2D eigenvalue weighted by Gasteiger charge is 2.53. The molecule has 0 aliphatic carbocycles. The predicted octanol–water partition coefficient (Wildman–Crippen LogP) is 5.21. The Labute approximate surface area is 414 Å². The summed E-state index contributed by atoms with van der Waals surface area (Å²) in [6.45, 7) is 11.1. The number of aliphatic hydroxyl groups is 3. The lowest BCUT2D eigenvalue weighted by Gasteiger charge is -2.50. The number of esters is 3. The van der Waals surface area contributed by atoms with Crippen LogP contribution >= 0.6 is 0 Å². The van der Waals surface area contributed by atoms with Gasteiger partial charge in [0.05, 0.1) is 36.9 Å². The van der Waals surface area contributed by atoms with Gasteiger partial charge in [-0.3, -0.25) is 14.4 Å². The van der Waals surface area contributed by atoms with Crippen molar-refractivity contribution in [2.75, 3.05) is 41.3 Å². The lowest BCUT2D eigenvalue weighted by Crippen LogP contribution is -2.66. The SMILES string of the molecule is CCC(=O)O[C@@H]1CC(=O)O[C@@H](C/C=C/c2cccc3ccccc23)CCCN(C)C[C@H](O)[C@H](C)C[C@H](CC=O)[C@H](O[C@@H]2OC(C)[C@H](O[C@H]3CC(C)(O)[C@@H](OC(=O)CC)C(C)O3)C(N(C)C)C2O)[C@H]1OC. The maximum absolute atomic E-state index is 14.2. The highest BCUT2D eigenvalue weighted by molar-refractivity contribution is 5.90. The number of likely N-dealkylation sites (N-methyl/N-ethyl adjacent to an activating group) is 2. The molecule has 2 aromatic rings. The fourth-order valence-corrected chi connectivity index (χ4v) is 10.2. The van der Waals surface area contributed by atoms with Crippen LogP contribution in [0.2, 0.25) is 0 Å². The third-order valence-electron chi connectivity index (χ3n) is 14.0. The number of hydrogen-bond acceptors (Lipinski definition) is 17. The maximum atomic E-state index is 14.2. The number of carbonyl (C=O) groups is 4. The smallest absolute Gasteiger partial charge is 0.309 e. The second-order valence-corrected chi connectivity index (χ2v) is 19.9. The van der Waals surface area contributed by atoms with E-state index in [2.05, 4.69) is 18.2 Å². The number of methoxy groups -OCH3 is 1. The molecule has 0 saturated carbocycles. The number of aldehydes is 1. The van der Waals surface area contributed by atoms with Crippen LogP contribution in [0.15, 0.2) is 48.5 Å². The van der Waals surface area contributed by atoms with Crippen LogP contribution in [0.25, 0.3) is 16.8 Å². The summed E-state index contributed by atoms with van der Waals surface area (Å²) in [5.41, 5.74) is -0.475. The lowest BCUT2D eigenvalue weighted by atomic mass is 9.82. The fourth-order valence-electron chi connectivity index (χ4n) is 10.2. The predicted molar refractivity (Wildman–Crippen MR) is 261 cm³/mol. The van der Waals surface area contributed by atoms with Crippen molar-refractivity contribution >= 4 is 41.0 Å². The number of benzene rings is 2. The maximum Gasteiger partial charge on any atom is 0.309 e. The number of β-amino-alcohol motifs (C(OH)–C–C–N with tert-alkyl or cyclic N) is 1. The number of hydrogen-bond donors (Lipinski definition) is 3. The third kappa shape index (κ3) is 15.3. The fraction of sp³-hybridized carbons (Fsp3) is 0.698. The van der Waals surface area contributed by atoms with Crippen molar-refractivity contribution in [1.82, 2.24) is 9.80 Å². The Morgan fingerprint density at radius 3 is 2.30 bits per heavy atom. The molecule has 3 saturated heterocycles. The summed E-state index contributed by atoms with van der Waals surface area (Å²) in [5.74, 6) is -2.79. The number of nitrogens with zero attached hydrogens (tertiary/aromatic N) is 2. The van der Waals surface area contributed by atoms with Crippen molar-refractivity contribution < 1.29 is 72.4 Å². The van der Waals surface area contributed by atoms with Gasteiger partial charge in [-0.25, -0.2) is 0 Å². The zero-order chi connectivity index (χ0) is 51.3. The van der Waals surface area contributed by atoms with E-state index in [9.17, 15) is 34.5 Å². The van der Waals surface area contributed by atoms with Crippen LogP contribution in [0.4, 0.5) is 0 Å². The van der Waals surface area contributed by atoms with Crippen LogP contribution in [0.1, 0.15) is 105 Å². The van der Waals surface area contributed by atoms with Gasteiger partial charge in [0.1, 0.15) is 42.4 Å². The zero-order valence-corrected chi connectivity index (χ0v) is 42.8. The average molecular weight is 985 g/mol. The number of carbonyl (C=O) groups excluding carboxylic acids is 4. The summed E-state index contributed by atoms with van der Waals surface area (Å²) in [6.07, 6.45) is -5.86. The number of rotatable bonds is 15. The Morgan fingerprint density at radius 1 is 0.929 bits per heavy atom. The second-order valence-electron chi connectivity index (χ2n) is 19.9. The third-order valence-corrected chi connectivity index (χ3v) is 14.0. The normalized spacial score (nSPS) is 35.6. The van der Waals surface area contributed by atoms with Crippen LogP contribution < -0.4 is 0 Å². The Morgan fingerprint density at radius 2 is 1.63 bits per heavy atom. The van der Waals surface area contributed by atoms with E-state index in [0.29, 0.717) is 32.4 Å². The van der Waals surface area contributed by atoms with Crippen molar-refractivity contribution in [3.05, 3.63) is 54.1 Å². The molecule has 0 bridgehead atoms. The Kier molecular flexibility index (Phi) is 21.8.